The second-order valence-corrected chi connectivity index (χ2v) is 15.0. The van der Waals surface area contributed by atoms with E-state index in [1.54, 1.807) is 31.5 Å². The maximum Gasteiger partial charge on any atom is 0.248 e. The third-order valence-corrected chi connectivity index (χ3v) is 10.9. The normalized spacial score (nSPS) is 24.6. The van der Waals surface area contributed by atoms with Crippen molar-refractivity contribution < 1.29 is 42.2 Å². The summed E-state index contributed by atoms with van der Waals surface area (Å²) in [7, 11) is -2.31. The lowest BCUT2D eigenvalue weighted by molar-refractivity contribution is -0.146. The summed E-state index contributed by atoms with van der Waals surface area (Å²) in [5.74, 6) is -2.23. The van der Waals surface area contributed by atoms with E-state index in [2.05, 4.69) is 28.2 Å². The first-order chi connectivity index (χ1) is 22.1. The number of benzene rings is 1. The number of likely N-dealkylation sites (tertiary alicyclic amines) is 1. The van der Waals surface area contributed by atoms with Crippen molar-refractivity contribution in [3.05, 3.63) is 55.8 Å². The molecule has 5 rings (SSSR count). The molecular weight excluding hydrogens is 628 g/mol. The molecule has 3 amide bonds. The van der Waals surface area contributed by atoms with Gasteiger partial charge in [0.2, 0.25) is 33.6 Å². The molecule has 47 heavy (non-hydrogen) atoms. The van der Waals surface area contributed by atoms with Crippen LogP contribution in [-0.4, -0.2) is 89.6 Å². The minimum Gasteiger partial charge on any atom is -0.497 e. The fourth-order valence-electron chi connectivity index (χ4n) is 6.15. The number of ketones is 1. The fourth-order valence-corrected chi connectivity index (χ4v) is 7.54. The Bertz CT molecular complexity index is 1730. The molecule has 1 aromatic carbocycles. The van der Waals surface area contributed by atoms with Crippen LogP contribution in [0.4, 0.5) is 0 Å². The van der Waals surface area contributed by atoms with E-state index in [1.165, 1.54) is 24.8 Å². The number of aliphatic hydroxyl groups is 1. The number of aromatic nitrogens is 1. The Morgan fingerprint density at radius 2 is 1.94 bits per heavy atom. The molecule has 0 spiro atoms. The quantitative estimate of drug-likeness (QED) is 0.198. The number of rotatable bonds is 14. The summed E-state index contributed by atoms with van der Waals surface area (Å²) >= 11 is 0. The number of amides is 3. The Morgan fingerprint density at radius 3 is 2.53 bits per heavy atom. The molecule has 3 N–H and O–H groups in total. The van der Waals surface area contributed by atoms with Crippen LogP contribution in [0.3, 0.4) is 0 Å². The van der Waals surface area contributed by atoms with E-state index in [1.807, 2.05) is 6.07 Å². The van der Waals surface area contributed by atoms with Crippen LogP contribution in [0.2, 0.25) is 0 Å². The number of Topliss-reactive ketones (excluding diaryl/α,β-unsaturated/α-hetero) is 1. The second kappa shape index (κ2) is 12.7. The Kier molecular flexibility index (Phi) is 9.21. The molecule has 13 nitrogen and oxygen atoms in total. The van der Waals surface area contributed by atoms with Crippen molar-refractivity contribution in [2.24, 2.45) is 11.3 Å². The molecule has 3 fully saturated rings. The molecule has 3 aliphatic rings. The van der Waals surface area contributed by atoms with Crippen LogP contribution in [-0.2, 0) is 29.2 Å². The molecular formula is C33H40N4O9S. The average molecular weight is 669 g/mol. The highest BCUT2D eigenvalue weighted by Gasteiger charge is 2.61. The van der Waals surface area contributed by atoms with Crippen LogP contribution in [0.25, 0.3) is 10.8 Å². The van der Waals surface area contributed by atoms with Gasteiger partial charge in [0.25, 0.3) is 0 Å². The van der Waals surface area contributed by atoms with Crippen molar-refractivity contribution in [2.75, 3.05) is 13.7 Å². The van der Waals surface area contributed by atoms with Gasteiger partial charge in [0.1, 0.15) is 17.9 Å². The molecule has 1 aromatic heterocycles. The molecule has 14 heteroatoms. The molecule has 2 aliphatic carbocycles. The van der Waals surface area contributed by atoms with Crippen LogP contribution in [0.15, 0.2) is 55.8 Å². The predicted octanol–water partition coefficient (Wildman–Crippen LogP) is 1.79. The summed E-state index contributed by atoms with van der Waals surface area (Å²) in [5.41, 5.74) is -3.07. The van der Waals surface area contributed by atoms with Crippen molar-refractivity contribution in [3.8, 4) is 11.6 Å². The highest BCUT2D eigenvalue weighted by Crippen LogP contribution is 2.57. The third-order valence-electron chi connectivity index (χ3n) is 9.11. The van der Waals surface area contributed by atoms with Crippen molar-refractivity contribution in [2.45, 2.75) is 75.0 Å². The standard InChI is InChI=1S/C33H40N4O9S/c1-6-20-16-33(20,31(41)36-47(43,44)23-9-10-23)17-26(38)25-15-22(18-37(25)30(40)28(32(3,4)42)35-27(39)7-2)46-29-24-11-8-21(45-5)14-19(24)12-13-34-29/h6-8,11-14,20,22-23,25,28,42H,1-2,9-10,15-18H2,3-5H3,(H,35,39)(H,36,41)/t20-,22-,25+,28-,33-/m1/s1. The molecule has 2 aromatic rings. The van der Waals surface area contributed by atoms with Gasteiger partial charge in [0.15, 0.2) is 5.78 Å². The van der Waals surface area contributed by atoms with E-state index in [0.29, 0.717) is 24.0 Å². The van der Waals surface area contributed by atoms with Crippen LogP contribution < -0.4 is 19.5 Å². The molecule has 1 aliphatic heterocycles. The first kappa shape index (κ1) is 34.0. The molecule has 5 atom stereocenters. The van der Waals surface area contributed by atoms with Gasteiger partial charge in [0.05, 0.1) is 36.0 Å². The van der Waals surface area contributed by atoms with E-state index in [-0.39, 0.29) is 31.7 Å². The maximum atomic E-state index is 14.1. The predicted molar refractivity (Wildman–Crippen MR) is 172 cm³/mol. The average Bonchev–Trinajstić information content (AvgIpc) is 3.95. The van der Waals surface area contributed by atoms with Gasteiger partial charge in [-0.25, -0.2) is 13.4 Å². The minimum atomic E-state index is -3.87. The Balaban J connectivity index is 1.44. The monoisotopic (exact) mass is 668 g/mol. The van der Waals surface area contributed by atoms with Gasteiger partial charge in [0, 0.05) is 24.4 Å². The van der Waals surface area contributed by atoms with Crippen molar-refractivity contribution >= 4 is 44.3 Å². The number of fused-ring (bicyclic) bond motifs is 1. The number of carbonyl (C=O) groups excluding carboxylic acids is 4. The fraction of sp³-hybridized carbons (Fsp3) is 0.485. The van der Waals surface area contributed by atoms with Crippen LogP contribution >= 0.6 is 0 Å². The molecule has 2 heterocycles. The zero-order valence-electron chi connectivity index (χ0n) is 26.6. The SMILES string of the molecule is C=CC(=O)N[C@H](C(=O)N1C[C@H](Oc2nccc3cc(OC)ccc23)C[C@H]1C(=O)C[C@]1(C(=O)NS(=O)(=O)C2CC2)C[C@H]1C=C)C(C)(C)O. The van der Waals surface area contributed by atoms with Gasteiger partial charge in [-0.15, -0.1) is 6.58 Å². The number of sulfonamides is 1. The second-order valence-electron chi connectivity index (χ2n) is 13.0. The van der Waals surface area contributed by atoms with Crippen molar-refractivity contribution in [1.82, 2.24) is 19.9 Å². The lowest BCUT2D eigenvalue weighted by atomic mass is 9.91. The number of nitrogens with zero attached hydrogens (tertiary/aromatic N) is 2. The number of pyridine rings is 1. The highest BCUT2D eigenvalue weighted by atomic mass is 32.2. The van der Waals surface area contributed by atoms with E-state index >= 15 is 0 Å². The van der Waals surface area contributed by atoms with E-state index in [9.17, 15) is 32.7 Å². The number of hydrogen-bond donors (Lipinski definition) is 3. The van der Waals surface area contributed by atoms with Gasteiger partial charge in [-0.1, -0.05) is 12.7 Å². The zero-order chi connectivity index (χ0) is 34.3. The van der Waals surface area contributed by atoms with Gasteiger partial charge >= 0.3 is 0 Å². The lowest BCUT2D eigenvalue weighted by Crippen LogP contribution is -2.60. The summed E-state index contributed by atoms with van der Waals surface area (Å²) in [6.45, 7) is 9.78. The van der Waals surface area contributed by atoms with Crippen molar-refractivity contribution in [1.29, 1.82) is 0 Å². The number of carbonyl (C=O) groups is 4. The Hall–Kier alpha value is -4.30. The number of allylic oxidation sites excluding steroid dienone is 1. The first-order valence-electron chi connectivity index (χ1n) is 15.4. The summed E-state index contributed by atoms with van der Waals surface area (Å²) < 4.78 is 39.0. The third kappa shape index (κ3) is 7.03. The van der Waals surface area contributed by atoms with Gasteiger partial charge in [-0.05, 0) is 74.8 Å². The highest BCUT2D eigenvalue weighted by molar-refractivity contribution is 7.90. The van der Waals surface area contributed by atoms with Crippen LogP contribution in [0.1, 0.15) is 46.0 Å². The molecule has 2 saturated carbocycles. The number of methoxy groups -OCH3 is 1. The Labute approximate surface area is 273 Å². The van der Waals surface area contributed by atoms with E-state index in [0.717, 1.165) is 11.5 Å². The number of hydrogen-bond acceptors (Lipinski definition) is 10. The van der Waals surface area contributed by atoms with Crippen LogP contribution in [0, 0.1) is 11.3 Å². The Morgan fingerprint density at radius 1 is 1.21 bits per heavy atom. The molecule has 1 saturated heterocycles. The number of nitrogens with one attached hydrogen (secondary N) is 2. The lowest BCUT2D eigenvalue weighted by Gasteiger charge is -2.34. The molecule has 0 radical (unpaired) electrons. The number of ether oxygens (including phenoxy) is 2. The largest absolute Gasteiger partial charge is 0.497 e. The summed E-state index contributed by atoms with van der Waals surface area (Å²) in [6.07, 6.45) is 4.13. The summed E-state index contributed by atoms with van der Waals surface area (Å²) in [5, 5.41) is 14.2. The van der Waals surface area contributed by atoms with Gasteiger partial charge in [-0.3, -0.25) is 23.9 Å². The van der Waals surface area contributed by atoms with E-state index in [4.69, 9.17) is 9.47 Å². The van der Waals surface area contributed by atoms with Crippen molar-refractivity contribution in [3.63, 3.8) is 0 Å². The molecule has 252 valence electrons. The minimum absolute atomic E-state index is 0.0175. The first-order valence-corrected chi connectivity index (χ1v) is 16.9. The summed E-state index contributed by atoms with van der Waals surface area (Å²) in [4.78, 5) is 59.4. The van der Waals surface area contributed by atoms with Gasteiger partial charge < -0.3 is 24.8 Å². The molecule has 0 unspecified atom stereocenters. The van der Waals surface area contributed by atoms with Crippen LogP contribution in [0.5, 0.6) is 11.6 Å². The summed E-state index contributed by atoms with van der Waals surface area (Å²) in [6, 6.07) is 4.57. The molecule has 0 bridgehead atoms. The van der Waals surface area contributed by atoms with Gasteiger partial charge in [-0.2, -0.15) is 0 Å². The smallest absolute Gasteiger partial charge is 0.248 e. The maximum absolute atomic E-state index is 14.1. The van der Waals surface area contributed by atoms with E-state index < -0.39 is 73.9 Å². The topological polar surface area (TPSA) is 181 Å². The zero-order valence-corrected chi connectivity index (χ0v) is 27.4.